The Kier molecular flexibility index (Phi) is 5.82. The van der Waals surface area contributed by atoms with Gasteiger partial charge in [-0.15, -0.1) is 0 Å². The molecule has 0 saturated heterocycles. The van der Waals surface area contributed by atoms with E-state index in [0.29, 0.717) is 18.1 Å². The van der Waals surface area contributed by atoms with Gasteiger partial charge in [-0.25, -0.2) is 8.42 Å². The summed E-state index contributed by atoms with van der Waals surface area (Å²) in [5.41, 5.74) is 1.18. The van der Waals surface area contributed by atoms with Crippen molar-refractivity contribution in [1.82, 2.24) is 4.90 Å². The number of Topliss-reactive ketones (excluding diaryl/α,β-unsaturated/α-hetero) is 2. The first-order chi connectivity index (χ1) is 13.7. The van der Waals surface area contributed by atoms with Gasteiger partial charge in [-0.2, -0.15) is 0 Å². The summed E-state index contributed by atoms with van der Waals surface area (Å²) < 4.78 is 28.9. The topological polar surface area (TPSA) is 83.6 Å². The predicted octanol–water partition coefficient (Wildman–Crippen LogP) is 4.02. The van der Waals surface area contributed by atoms with Crippen molar-refractivity contribution in [3.8, 4) is 0 Å². The summed E-state index contributed by atoms with van der Waals surface area (Å²) in [4.78, 5) is 27.4. The lowest BCUT2D eigenvalue weighted by molar-refractivity contribution is 0.0949. The van der Waals surface area contributed by atoms with E-state index in [-0.39, 0.29) is 22.5 Å². The molecule has 2 aromatic rings. The van der Waals surface area contributed by atoms with Gasteiger partial charge in [0, 0.05) is 29.2 Å². The molecule has 2 aromatic carbocycles. The van der Waals surface area contributed by atoms with E-state index in [0.717, 1.165) is 5.56 Å². The molecule has 1 aliphatic rings. The Morgan fingerprint density at radius 1 is 0.966 bits per heavy atom. The number of hydrogen-bond donors (Lipinski definition) is 1. The van der Waals surface area contributed by atoms with Gasteiger partial charge < -0.3 is 4.90 Å². The molecule has 1 aliphatic carbocycles. The fraction of sp³-hybridized carbons (Fsp3) is 0.238. The van der Waals surface area contributed by atoms with Gasteiger partial charge >= 0.3 is 0 Å². The number of allylic oxidation sites excluding steroid dienone is 2. The average Bonchev–Trinajstić information content (AvgIpc) is 2.69. The average molecular weight is 433 g/mol. The number of halogens is 1. The van der Waals surface area contributed by atoms with E-state index in [2.05, 4.69) is 4.72 Å². The van der Waals surface area contributed by atoms with E-state index in [1.807, 2.05) is 0 Å². The molecule has 6 nitrogen and oxygen atoms in total. The molecule has 0 unspecified atom stereocenters. The number of ketones is 2. The summed E-state index contributed by atoms with van der Waals surface area (Å²) >= 11 is 6.10. The van der Waals surface area contributed by atoms with E-state index >= 15 is 0 Å². The minimum Gasteiger partial charge on any atom is -0.368 e. The molecule has 0 radical (unpaired) electrons. The minimum absolute atomic E-state index is 0.0794. The third-order valence-corrected chi connectivity index (χ3v) is 6.65. The van der Waals surface area contributed by atoms with Crippen LogP contribution in [0.1, 0.15) is 40.1 Å². The molecule has 0 aliphatic heterocycles. The van der Waals surface area contributed by atoms with Crippen molar-refractivity contribution in [3.05, 3.63) is 74.8 Å². The van der Waals surface area contributed by atoms with E-state index in [9.17, 15) is 18.0 Å². The lowest BCUT2D eigenvalue weighted by Crippen LogP contribution is -2.37. The molecule has 0 bridgehead atoms. The molecule has 3 rings (SSSR count). The van der Waals surface area contributed by atoms with Gasteiger partial charge in [0.25, 0.3) is 10.0 Å². The fourth-order valence-corrected chi connectivity index (χ4v) is 4.83. The molecule has 152 valence electrons. The van der Waals surface area contributed by atoms with Crippen LogP contribution >= 0.6 is 11.6 Å². The van der Waals surface area contributed by atoms with Crippen LogP contribution in [-0.2, 0) is 10.0 Å². The van der Waals surface area contributed by atoms with Crippen LogP contribution in [0.5, 0.6) is 0 Å². The first-order valence-electron chi connectivity index (χ1n) is 9.17. The van der Waals surface area contributed by atoms with Gasteiger partial charge in [0.15, 0.2) is 4.91 Å². The summed E-state index contributed by atoms with van der Waals surface area (Å²) in [6, 6.07) is 10.9. The second-order valence-corrected chi connectivity index (χ2v) is 8.65. The normalized spacial score (nSPS) is 14.1. The van der Waals surface area contributed by atoms with Crippen LogP contribution < -0.4 is 4.72 Å². The lowest BCUT2D eigenvalue weighted by Gasteiger charge is -2.29. The van der Waals surface area contributed by atoms with Crippen LogP contribution in [0.2, 0.25) is 5.02 Å². The lowest BCUT2D eigenvalue weighted by atomic mass is 9.92. The molecule has 0 amide bonds. The molecule has 1 N–H and O–H groups in total. The summed E-state index contributed by atoms with van der Waals surface area (Å²) in [6.45, 7) is 6.14. The number of rotatable bonds is 6. The Morgan fingerprint density at radius 2 is 1.55 bits per heavy atom. The van der Waals surface area contributed by atoms with Crippen molar-refractivity contribution in [2.24, 2.45) is 0 Å². The molecular weight excluding hydrogens is 412 g/mol. The number of nitrogens with zero attached hydrogens (tertiary/aromatic N) is 1. The standard InChI is InChI=1S/C21H21ClN2O4S/c1-4-24(5-2)18-19(25)15-8-6-7-9-16(15)20(26)21(18)29(27,28)23-14-11-10-13(3)17(22)12-14/h6-12,23H,4-5H2,1-3H3. The van der Waals surface area contributed by atoms with Crippen molar-refractivity contribution in [2.45, 2.75) is 20.8 Å². The van der Waals surface area contributed by atoms with Gasteiger partial charge in [0.1, 0.15) is 5.70 Å². The smallest absolute Gasteiger partial charge is 0.268 e. The molecule has 0 atom stereocenters. The van der Waals surface area contributed by atoms with E-state index in [1.165, 1.54) is 18.2 Å². The second kappa shape index (κ2) is 8.00. The maximum absolute atomic E-state index is 13.3. The van der Waals surface area contributed by atoms with Crippen molar-refractivity contribution in [2.75, 3.05) is 17.8 Å². The highest BCUT2D eigenvalue weighted by Crippen LogP contribution is 2.32. The van der Waals surface area contributed by atoms with Crippen molar-refractivity contribution in [1.29, 1.82) is 0 Å². The first kappa shape index (κ1) is 21.1. The highest BCUT2D eigenvalue weighted by Gasteiger charge is 2.41. The van der Waals surface area contributed by atoms with Crippen LogP contribution in [-0.4, -0.2) is 38.0 Å². The largest absolute Gasteiger partial charge is 0.368 e. The van der Waals surface area contributed by atoms with Gasteiger partial charge in [-0.05, 0) is 38.5 Å². The van der Waals surface area contributed by atoms with Crippen molar-refractivity contribution >= 4 is 38.9 Å². The molecule has 0 heterocycles. The van der Waals surface area contributed by atoms with Crippen LogP contribution in [0, 0.1) is 6.92 Å². The maximum Gasteiger partial charge on any atom is 0.268 e. The van der Waals surface area contributed by atoms with E-state index < -0.39 is 26.5 Å². The summed E-state index contributed by atoms with van der Waals surface area (Å²) in [5, 5.41) is 0.388. The SMILES string of the molecule is CCN(CC)C1=C(S(=O)(=O)Nc2ccc(C)c(Cl)c2)C(=O)c2ccccc2C1=O. The number of benzene rings is 2. The van der Waals surface area contributed by atoms with Gasteiger partial charge in [0.2, 0.25) is 11.6 Å². The number of carbonyl (C=O) groups is 2. The Labute approximate surface area is 175 Å². The zero-order valence-electron chi connectivity index (χ0n) is 16.3. The predicted molar refractivity (Wildman–Crippen MR) is 114 cm³/mol. The zero-order chi connectivity index (χ0) is 21.3. The summed E-state index contributed by atoms with van der Waals surface area (Å²) in [7, 11) is -4.35. The summed E-state index contributed by atoms with van der Waals surface area (Å²) in [5.74, 6) is -1.18. The molecule has 0 spiro atoms. The van der Waals surface area contributed by atoms with Crippen LogP contribution in [0.25, 0.3) is 0 Å². The minimum atomic E-state index is -4.35. The Balaban J connectivity index is 2.20. The number of fused-ring (bicyclic) bond motifs is 1. The number of anilines is 1. The van der Waals surface area contributed by atoms with Crippen LogP contribution in [0.15, 0.2) is 53.1 Å². The van der Waals surface area contributed by atoms with Crippen molar-refractivity contribution < 1.29 is 18.0 Å². The number of hydrogen-bond acceptors (Lipinski definition) is 5. The van der Waals surface area contributed by atoms with Gasteiger partial charge in [-0.3, -0.25) is 14.3 Å². The van der Waals surface area contributed by atoms with Gasteiger partial charge in [0.05, 0.1) is 5.69 Å². The van der Waals surface area contributed by atoms with Crippen LogP contribution in [0.3, 0.4) is 0 Å². The quantitative estimate of drug-likeness (QED) is 0.745. The Morgan fingerprint density at radius 3 is 2.10 bits per heavy atom. The zero-order valence-corrected chi connectivity index (χ0v) is 17.9. The van der Waals surface area contributed by atoms with Crippen molar-refractivity contribution in [3.63, 3.8) is 0 Å². The Hall–Kier alpha value is -2.64. The monoisotopic (exact) mass is 432 g/mol. The maximum atomic E-state index is 13.3. The fourth-order valence-electron chi connectivity index (χ4n) is 3.28. The number of aryl methyl sites for hydroxylation is 1. The Bertz CT molecular complexity index is 1140. The number of sulfonamides is 1. The van der Waals surface area contributed by atoms with Crippen LogP contribution in [0.4, 0.5) is 5.69 Å². The first-order valence-corrected chi connectivity index (χ1v) is 11.0. The van der Waals surface area contributed by atoms with E-state index in [1.54, 1.807) is 49.9 Å². The number of carbonyl (C=O) groups excluding carboxylic acids is 2. The van der Waals surface area contributed by atoms with E-state index in [4.69, 9.17) is 11.6 Å². The number of nitrogens with one attached hydrogen (secondary N) is 1. The number of likely N-dealkylation sites (N-methyl/N-ethyl adjacent to an activating group) is 1. The summed E-state index contributed by atoms with van der Waals surface area (Å²) in [6.07, 6.45) is 0. The molecular formula is C21H21ClN2O4S. The molecule has 29 heavy (non-hydrogen) atoms. The highest BCUT2D eigenvalue weighted by molar-refractivity contribution is 7.97. The molecule has 0 saturated carbocycles. The third kappa shape index (κ3) is 3.80. The second-order valence-electron chi connectivity index (χ2n) is 6.62. The molecule has 8 heteroatoms. The van der Waals surface area contributed by atoms with Gasteiger partial charge in [-0.1, -0.05) is 41.9 Å². The molecule has 0 aromatic heterocycles. The third-order valence-electron chi connectivity index (χ3n) is 4.83. The molecule has 0 fully saturated rings. The highest BCUT2D eigenvalue weighted by atomic mass is 35.5.